The summed E-state index contributed by atoms with van der Waals surface area (Å²) in [5.41, 5.74) is 9.13. The Kier molecular flexibility index (Phi) is 7.53. The van der Waals surface area contributed by atoms with Gasteiger partial charge in [-0.15, -0.1) is 0 Å². The van der Waals surface area contributed by atoms with E-state index in [2.05, 4.69) is 19.9 Å². The van der Waals surface area contributed by atoms with Crippen LogP contribution in [0.25, 0.3) is 11.3 Å². The van der Waals surface area contributed by atoms with Crippen molar-refractivity contribution in [3.63, 3.8) is 0 Å². The van der Waals surface area contributed by atoms with Crippen LogP contribution in [0.5, 0.6) is 17.6 Å². The van der Waals surface area contributed by atoms with Crippen molar-refractivity contribution >= 4 is 21.7 Å². The summed E-state index contributed by atoms with van der Waals surface area (Å²) in [4.78, 5) is 29.8. The van der Waals surface area contributed by atoms with Gasteiger partial charge < -0.3 is 15.2 Å². The molecule has 11 nitrogen and oxygen atoms in total. The lowest BCUT2D eigenvalue weighted by atomic mass is 10.1. The number of nitrogens with zero attached hydrogens (tertiary/aromatic N) is 4. The Morgan fingerprint density at radius 3 is 2.32 bits per heavy atom. The standard InChI is InChI=1S/C26H26N6O5S/c1-5-36-26-28-13-18(14-29-26)20-10-9-19(24(33)32-38(34,35)22-8-6-7-21(27)31-22)25(30-20)37-23-16(3)11-15(2)12-17(23)4/h6-14H,5H2,1-4H3,(H2,27,31)(H,32,33). The molecular weight excluding hydrogens is 508 g/mol. The van der Waals surface area contributed by atoms with Crippen molar-refractivity contribution in [3.05, 3.63) is 77.1 Å². The fourth-order valence-corrected chi connectivity index (χ4v) is 4.68. The quantitative estimate of drug-likeness (QED) is 0.341. The van der Waals surface area contributed by atoms with Gasteiger partial charge in [-0.25, -0.2) is 24.7 Å². The summed E-state index contributed by atoms with van der Waals surface area (Å²) in [5.74, 6) is -0.552. The van der Waals surface area contributed by atoms with Crippen LogP contribution in [0.2, 0.25) is 0 Å². The first-order valence-electron chi connectivity index (χ1n) is 11.6. The summed E-state index contributed by atoms with van der Waals surface area (Å²) in [7, 11) is -4.32. The number of hydrogen-bond acceptors (Lipinski definition) is 10. The number of aromatic nitrogens is 4. The molecule has 0 saturated heterocycles. The van der Waals surface area contributed by atoms with Gasteiger partial charge in [-0.3, -0.25) is 4.79 Å². The van der Waals surface area contributed by atoms with Gasteiger partial charge in [0, 0.05) is 18.0 Å². The minimum Gasteiger partial charge on any atom is -0.464 e. The molecule has 12 heteroatoms. The number of sulfonamides is 1. The van der Waals surface area contributed by atoms with E-state index < -0.39 is 21.0 Å². The van der Waals surface area contributed by atoms with Crippen LogP contribution in [0, 0.1) is 20.8 Å². The van der Waals surface area contributed by atoms with Crippen molar-refractivity contribution in [1.29, 1.82) is 0 Å². The molecule has 0 radical (unpaired) electrons. The first-order chi connectivity index (χ1) is 18.1. The van der Waals surface area contributed by atoms with E-state index in [1.54, 1.807) is 6.07 Å². The maximum atomic E-state index is 13.2. The highest BCUT2D eigenvalue weighted by molar-refractivity contribution is 7.90. The highest BCUT2D eigenvalue weighted by Crippen LogP contribution is 2.32. The van der Waals surface area contributed by atoms with E-state index in [9.17, 15) is 13.2 Å². The summed E-state index contributed by atoms with van der Waals surface area (Å²) in [6, 6.07) is 11.1. The smallest absolute Gasteiger partial charge is 0.316 e. The van der Waals surface area contributed by atoms with Crippen LogP contribution in [-0.4, -0.2) is 40.9 Å². The van der Waals surface area contributed by atoms with Crippen molar-refractivity contribution < 1.29 is 22.7 Å². The molecule has 0 aliphatic heterocycles. The Bertz CT molecular complexity index is 1580. The van der Waals surface area contributed by atoms with Crippen LogP contribution in [0.3, 0.4) is 0 Å². The molecule has 1 aromatic carbocycles. The van der Waals surface area contributed by atoms with Gasteiger partial charge >= 0.3 is 6.01 Å². The molecule has 1 amide bonds. The lowest BCUT2D eigenvalue weighted by molar-refractivity contribution is 0.0978. The van der Waals surface area contributed by atoms with Crippen LogP contribution in [0.4, 0.5) is 5.82 Å². The van der Waals surface area contributed by atoms with Crippen molar-refractivity contribution in [2.24, 2.45) is 0 Å². The lowest BCUT2D eigenvalue weighted by Crippen LogP contribution is -2.31. The minimum atomic E-state index is -4.32. The number of ether oxygens (including phenoxy) is 2. The average molecular weight is 535 g/mol. The third-order valence-corrected chi connectivity index (χ3v) is 6.59. The maximum absolute atomic E-state index is 13.2. The summed E-state index contributed by atoms with van der Waals surface area (Å²) in [6.45, 7) is 7.94. The number of nitrogens with one attached hydrogen (secondary N) is 1. The second-order valence-corrected chi connectivity index (χ2v) is 10.0. The molecule has 0 bridgehead atoms. The normalized spacial score (nSPS) is 11.2. The molecule has 0 saturated carbocycles. The van der Waals surface area contributed by atoms with Crippen LogP contribution in [-0.2, 0) is 10.0 Å². The molecule has 4 aromatic rings. The van der Waals surface area contributed by atoms with Crippen molar-refractivity contribution in [2.45, 2.75) is 32.7 Å². The molecule has 0 atom stereocenters. The van der Waals surface area contributed by atoms with Crippen LogP contribution in [0.1, 0.15) is 34.0 Å². The number of rotatable bonds is 8. The molecule has 0 spiro atoms. The van der Waals surface area contributed by atoms with E-state index in [1.165, 1.54) is 36.7 Å². The summed E-state index contributed by atoms with van der Waals surface area (Å²) >= 11 is 0. The Morgan fingerprint density at radius 2 is 1.68 bits per heavy atom. The van der Waals surface area contributed by atoms with Gasteiger partial charge in [0.05, 0.1) is 12.3 Å². The van der Waals surface area contributed by atoms with Gasteiger partial charge in [-0.1, -0.05) is 23.8 Å². The van der Waals surface area contributed by atoms with Crippen LogP contribution in [0.15, 0.2) is 59.9 Å². The second kappa shape index (κ2) is 10.8. The number of nitrogens with two attached hydrogens (primary N) is 1. The van der Waals surface area contributed by atoms with Gasteiger partial charge in [0.25, 0.3) is 15.9 Å². The number of anilines is 1. The number of pyridine rings is 2. The minimum absolute atomic E-state index is 0.00161. The topological polar surface area (TPSA) is 159 Å². The van der Waals surface area contributed by atoms with Crippen molar-refractivity contribution in [3.8, 4) is 28.9 Å². The third-order valence-electron chi connectivity index (χ3n) is 5.35. The van der Waals surface area contributed by atoms with Gasteiger partial charge in [0.2, 0.25) is 5.88 Å². The van der Waals surface area contributed by atoms with E-state index in [0.29, 0.717) is 23.6 Å². The van der Waals surface area contributed by atoms with Crippen LogP contribution >= 0.6 is 0 Å². The first kappa shape index (κ1) is 26.5. The van der Waals surface area contributed by atoms with Gasteiger partial charge in [0.1, 0.15) is 17.1 Å². The number of hydrogen-bond donors (Lipinski definition) is 2. The number of nitrogen functional groups attached to an aromatic ring is 1. The van der Waals surface area contributed by atoms with E-state index in [0.717, 1.165) is 16.7 Å². The Hall–Kier alpha value is -4.58. The number of carbonyl (C=O) groups excluding carboxylic acids is 1. The monoisotopic (exact) mass is 534 g/mol. The predicted octanol–water partition coefficient (Wildman–Crippen LogP) is 3.75. The lowest BCUT2D eigenvalue weighted by Gasteiger charge is -2.16. The molecule has 38 heavy (non-hydrogen) atoms. The number of aryl methyl sites for hydroxylation is 3. The molecule has 3 aromatic heterocycles. The zero-order chi connectivity index (χ0) is 27.4. The largest absolute Gasteiger partial charge is 0.464 e. The van der Waals surface area contributed by atoms with Crippen LogP contribution < -0.4 is 19.9 Å². The number of benzene rings is 1. The van der Waals surface area contributed by atoms with E-state index in [1.807, 2.05) is 44.5 Å². The van der Waals surface area contributed by atoms with Gasteiger partial charge in [0.15, 0.2) is 5.03 Å². The fraction of sp³-hybridized carbons (Fsp3) is 0.192. The Labute approximate surface area is 220 Å². The fourth-order valence-electron chi connectivity index (χ4n) is 3.74. The zero-order valence-electron chi connectivity index (χ0n) is 21.2. The van der Waals surface area contributed by atoms with Crippen molar-refractivity contribution in [2.75, 3.05) is 12.3 Å². The molecule has 3 heterocycles. The van der Waals surface area contributed by atoms with Gasteiger partial charge in [-0.05, 0) is 63.1 Å². The highest BCUT2D eigenvalue weighted by Gasteiger charge is 2.25. The number of amides is 1. The molecule has 0 aliphatic rings. The Balaban J connectivity index is 1.75. The molecule has 4 rings (SSSR count). The second-order valence-electron chi connectivity index (χ2n) is 8.40. The van der Waals surface area contributed by atoms with E-state index in [-0.39, 0.29) is 23.3 Å². The predicted molar refractivity (Wildman–Crippen MR) is 140 cm³/mol. The van der Waals surface area contributed by atoms with E-state index in [4.69, 9.17) is 15.2 Å². The van der Waals surface area contributed by atoms with Gasteiger partial charge in [-0.2, -0.15) is 8.42 Å². The first-order valence-corrected chi connectivity index (χ1v) is 13.1. The summed E-state index contributed by atoms with van der Waals surface area (Å²) in [5, 5.41) is -0.394. The molecular formula is C26H26N6O5S. The van der Waals surface area contributed by atoms with Crippen molar-refractivity contribution in [1.82, 2.24) is 24.7 Å². The maximum Gasteiger partial charge on any atom is 0.316 e. The summed E-state index contributed by atoms with van der Waals surface area (Å²) in [6.07, 6.45) is 3.06. The number of carbonyl (C=O) groups is 1. The molecule has 0 unspecified atom stereocenters. The third kappa shape index (κ3) is 5.86. The molecule has 3 N–H and O–H groups in total. The SMILES string of the molecule is CCOc1ncc(-c2ccc(C(=O)NS(=O)(=O)c3cccc(N)n3)c(Oc3c(C)cc(C)cc3C)n2)cn1. The summed E-state index contributed by atoms with van der Waals surface area (Å²) < 4.78 is 39.1. The molecule has 0 aliphatic carbocycles. The Morgan fingerprint density at radius 1 is 1.00 bits per heavy atom. The average Bonchev–Trinajstić information content (AvgIpc) is 2.86. The highest BCUT2D eigenvalue weighted by atomic mass is 32.2. The zero-order valence-corrected chi connectivity index (χ0v) is 22.0. The molecule has 0 fully saturated rings. The molecule has 196 valence electrons. The van der Waals surface area contributed by atoms with E-state index >= 15 is 0 Å².